The number of carbonyl (C=O) groups is 1. The summed E-state index contributed by atoms with van der Waals surface area (Å²) in [4.78, 5) is 12.6. The Morgan fingerprint density at radius 1 is 1.55 bits per heavy atom. The number of benzene rings is 1. The minimum absolute atomic E-state index is 0.0800. The number of anilines is 1. The first-order valence-electron chi connectivity index (χ1n) is 7.04. The lowest BCUT2D eigenvalue weighted by molar-refractivity contribution is -0.127. The Hall–Kier alpha value is -0.940. The fourth-order valence-corrected chi connectivity index (χ4v) is 3.18. The first-order valence-corrected chi connectivity index (χ1v) is 7.84. The fraction of sp³-hybridized carbons (Fsp3) is 0.533. The molecule has 1 aliphatic heterocycles. The first-order chi connectivity index (χ1) is 9.57. The third-order valence-corrected chi connectivity index (χ3v) is 4.35. The van der Waals surface area contributed by atoms with Gasteiger partial charge in [-0.05, 0) is 44.0 Å². The number of carbonyl (C=O) groups excluding carboxylic acids is 1. The molecular weight excluding hydrogens is 323 g/mol. The molecule has 0 spiro atoms. The molecule has 0 saturated carbocycles. The highest BCUT2D eigenvalue weighted by molar-refractivity contribution is 9.10. The van der Waals surface area contributed by atoms with Crippen molar-refractivity contribution in [2.75, 3.05) is 18.4 Å². The summed E-state index contributed by atoms with van der Waals surface area (Å²) < 4.78 is 14.5. The van der Waals surface area contributed by atoms with Crippen LogP contribution in [0.1, 0.15) is 32.6 Å². The Morgan fingerprint density at radius 3 is 3.00 bits per heavy atom. The van der Waals surface area contributed by atoms with Crippen molar-refractivity contribution in [3.05, 3.63) is 28.5 Å². The van der Waals surface area contributed by atoms with E-state index in [9.17, 15) is 9.18 Å². The van der Waals surface area contributed by atoms with Crippen molar-refractivity contribution in [1.29, 1.82) is 0 Å². The summed E-state index contributed by atoms with van der Waals surface area (Å²) in [7, 11) is 0. The first kappa shape index (κ1) is 15.4. The van der Waals surface area contributed by atoms with Crippen LogP contribution in [-0.2, 0) is 4.79 Å². The smallest absolute Gasteiger partial charge is 0.231 e. The van der Waals surface area contributed by atoms with Crippen LogP contribution in [0.2, 0.25) is 0 Å². The van der Waals surface area contributed by atoms with Gasteiger partial charge in [0.15, 0.2) is 0 Å². The molecule has 20 heavy (non-hydrogen) atoms. The van der Waals surface area contributed by atoms with Crippen molar-refractivity contribution in [2.24, 2.45) is 5.41 Å². The quantitative estimate of drug-likeness (QED) is 0.875. The van der Waals surface area contributed by atoms with Gasteiger partial charge < -0.3 is 10.6 Å². The van der Waals surface area contributed by atoms with Gasteiger partial charge in [-0.25, -0.2) is 4.39 Å². The monoisotopic (exact) mass is 342 g/mol. The third kappa shape index (κ3) is 3.38. The SMILES string of the molecule is CCCC1(C(=O)Nc2cc(Br)ccc2F)CCCNC1. The van der Waals surface area contributed by atoms with E-state index in [1.54, 1.807) is 12.1 Å². The van der Waals surface area contributed by atoms with Gasteiger partial charge in [0.2, 0.25) is 5.91 Å². The number of nitrogens with one attached hydrogen (secondary N) is 2. The van der Waals surface area contributed by atoms with E-state index in [0.717, 1.165) is 36.7 Å². The van der Waals surface area contributed by atoms with Crippen LogP contribution in [0, 0.1) is 11.2 Å². The van der Waals surface area contributed by atoms with Gasteiger partial charge in [-0.2, -0.15) is 0 Å². The molecule has 1 saturated heterocycles. The van der Waals surface area contributed by atoms with Crippen LogP contribution in [0.15, 0.2) is 22.7 Å². The summed E-state index contributed by atoms with van der Waals surface area (Å²) in [5.74, 6) is -0.486. The van der Waals surface area contributed by atoms with E-state index in [1.165, 1.54) is 6.07 Å². The molecule has 1 heterocycles. The molecular formula is C15H20BrFN2O. The van der Waals surface area contributed by atoms with Gasteiger partial charge in [0.1, 0.15) is 5.82 Å². The van der Waals surface area contributed by atoms with Crippen LogP contribution in [-0.4, -0.2) is 19.0 Å². The summed E-state index contributed by atoms with van der Waals surface area (Å²) >= 11 is 3.30. The summed E-state index contributed by atoms with van der Waals surface area (Å²) in [5, 5.41) is 6.05. The molecule has 0 aromatic heterocycles. The van der Waals surface area contributed by atoms with Crippen molar-refractivity contribution in [2.45, 2.75) is 32.6 Å². The zero-order valence-electron chi connectivity index (χ0n) is 11.6. The number of hydrogen-bond donors (Lipinski definition) is 2. The topological polar surface area (TPSA) is 41.1 Å². The molecule has 1 atom stereocenters. The Labute approximate surface area is 127 Å². The van der Waals surface area contributed by atoms with Crippen LogP contribution >= 0.6 is 15.9 Å². The number of halogens is 2. The van der Waals surface area contributed by atoms with Crippen LogP contribution in [0.3, 0.4) is 0 Å². The molecule has 1 fully saturated rings. The van der Waals surface area contributed by atoms with Gasteiger partial charge in [0.05, 0.1) is 11.1 Å². The predicted molar refractivity (Wildman–Crippen MR) is 82.2 cm³/mol. The number of amides is 1. The van der Waals surface area contributed by atoms with Gasteiger partial charge in [-0.3, -0.25) is 4.79 Å². The second-order valence-electron chi connectivity index (χ2n) is 5.39. The Bertz CT molecular complexity index is 481. The molecule has 1 aromatic carbocycles. The highest BCUT2D eigenvalue weighted by Gasteiger charge is 2.38. The van der Waals surface area contributed by atoms with Crippen molar-refractivity contribution >= 4 is 27.5 Å². The molecule has 2 rings (SSSR count). The molecule has 3 nitrogen and oxygen atoms in total. The van der Waals surface area contributed by atoms with Crippen molar-refractivity contribution in [1.82, 2.24) is 5.32 Å². The maximum absolute atomic E-state index is 13.8. The summed E-state index contributed by atoms with van der Waals surface area (Å²) in [5.41, 5.74) is -0.174. The second kappa shape index (κ2) is 6.68. The van der Waals surface area contributed by atoms with Gasteiger partial charge in [0, 0.05) is 11.0 Å². The predicted octanol–water partition coefficient (Wildman–Crippen LogP) is 3.70. The molecule has 1 unspecified atom stereocenters. The van der Waals surface area contributed by atoms with E-state index < -0.39 is 11.2 Å². The molecule has 0 bridgehead atoms. The zero-order valence-corrected chi connectivity index (χ0v) is 13.2. The van der Waals surface area contributed by atoms with Gasteiger partial charge in [-0.1, -0.05) is 29.3 Å². The highest BCUT2D eigenvalue weighted by atomic mass is 79.9. The van der Waals surface area contributed by atoms with Gasteiger partial charge >= 0.3 is 0 Å². The highest BCUT2D eigenvalue weighted by Crippen LogP contribution is 2.33. The summed E-state index contributed by atoms with van der Waals surface area (Å²) in [6.45, 7) is 3.69. The van der Waals surface area contributed by atoms with E-state index in [0.29, 0.717) is 6.54 Å². The number of hydrogen-bond acceptors (Lipinski definition) is 2. The molecule has 1 amide bonds. The van der Waals surface area contributed by atoms with E-state index in [1.807, 2.05) is 0 Å². The van der Waals surface area contributed by atoms with Gasteiger partial charge in [-0.15, -0.1) is 0 Å². The average Bonchev–Trinajstić information content (AvgIpc) is 2.44. The summed E-state index contributed by atoms with van der Waals surface area (Å²) in [6, 6.07) is 4.57. The second-order valence-corrected chi connectivity index (χ2v) is 6.30. The summed E-state index contributed by atoms with van der Waals surface area (Å²) in [6.07, 6.45) is 3.60. The van der Waals surface area contributed by atoms with Crippen LogP contribution in [0.25, 0.3) is 0 Å². The molecule has 2 N–H and O–H groups in total. The number of piperidine rings is 1. The molecule has 0 radical (unpaired) electrons. The lowest BCUT2D eigenvalue weighted by Gasteiger charge is -2.36. The lowest BCUT2D eigenvalue weighted by Crippen LogP contribution is -2.48. The number of rotatable bonds is 4. The van der Waals surface area contributed by atoms with Crippen molar-refractivity contribution < 1.29 is 9.18 Å². The van der Waals surface area contributed by atoms with E-state index in [2.05, 4.69) is 33.5 Å². The van der Waals surface area contributed by atoms with E-state index in [-0.39, 0.29) is 11.6 Å². The minimum atomic E-state index is -0.415. The largest absolute Gasteiger partial charge is 0.323 e. The van der Waals surface area contributed by atoms with Crippen molar-refractivity contribution in [3.8, 4) is 0 Å². The lowest BCUT2D eigenvalue weighted by atomic mass is 9.76. The molecule has 1 aromatic rings. The van der Waals surface area contributed by atoms with Gasteiger partial charge in [0.25, 0.3) is 0 Å². The molecule has 1 aliphatic rings. The fourth-order valence-electron chi connectivity index (χ4n) is 2.82. The Kier molecular flexibility index (Phi) is 5.16. The van der Waals surface area contributed by atoms with Crippen molar-refractivity contribution in [3.63, 3.8) is 0 Å². The van der Waals surface area contributed by atoms with Crippen LogP contribution < -0.4 is 10.6 Å². The molecule has 5 heteroatoms. The normalized spacial score (nSPS) is 22.6. The molecule has 0 aliphatic carbocycles. The van der Waals surface area contributed by atoms with E-state index >= 15 is 0 Å². The zero-order chi connectivity index (χ0) is 14.6. The van der Waals surface area contributed by atoms with Crippen LogP contribution in [0.4, 0.5) is 10.1 Å². The molecule has 110 valence electrons. The van der Waals surface area contributed by atoms with E-state index in [4.69, 9.17) is 0 Å². The van der Waals surface area contributed by atoms with Crippen LogP contribution in [0.5, 0.6) is 0 Å². The average molecular weight is 343 g/mol. The maximum Gasteiger partial charge on any atom is 0.231 e. The Morgan fingerprint density at radius 2 is 2.35 bits per heavy atom. The standard InChI is InChI=1S/C15H20BrFN2O/c1-2-6-15(7-3-8-18-10-15)14(20)19-13-9-11(16)4-5-12(13)17/h4-5,9,18H,2-3,6-8,10H2,1H3,(H,19,20). The maximum atomic E-state index is 13.8. The minimum Gasteiger partial charge on any atom is -0.323 e. The third-order valence-electron chi connectivity index (χ3n) is 3.86. The Balaban J connectivity index is 2.18.